The third-order valence-corrected chi connectivity index (χ3v) is 2.15. The Balaban J connectivity index is 2.28. The van der Waals surface area contributed by atoms with Crippen molar-refractivity contribution < 1.29 is 4.74 Å². The molecular formula is C9H9ClN4O. The van der Waals surface area contributed by atoms with Crippen molar-refractivity contribution in [3.05, 3.63) is 30.2 Å². The molecule has 0 unspecified atom stereocenters. The molecule has 2 rings (SSSR count). The summed E-state index contributed by atoms with van der Waals surface area (Å²) in [7, 11) is 1.59. The fraction of sp³-hybridized carbons (Fsp3) is 0.222. The molecule has 0 bridgehead atoms. The minimum atomic E-state index is 0.357. The standard InChI is InChI=1S/C9H9ClN4O/c1-15-8-5-11-14(6-8)9-3-2-7(4-10)12-13-9/h2-3,5-6H,4H2,1H3. The number of hydrogen-bond acceptors (Lipinski definition) is 4. The quantitative estimate of drug-likeness (QED) is 0.740. The van der Waals surface area contributed by atoms with Crippen molar-refractivity contribution in [3.63, 3.8) is 0 Å². The van der Waals surface area contributed by atoms with Gasteiger partial charge < -0.3 is 4.74 Å². The average molecular weight is 225 g/mol. The zero-order valence-corrected chi connectivity index (χ0v) is 8.85. The Morgan fingerprint density at radius 1 is 1.40 bits per heavy atom. The molecule has 0 radical (unpaired) electrons. The Bertz CT molecular complexity index is 440. The van der Waals surface area contributed by atoms with Gasteiger partial charge in [-0.15, -0.1) is 16.7 Å². The number of hydrogen-bond donors (Lipinski definition) is 0. The zero-order chi connectivity index (χ0) is 10.7. The number of nitrogens with zero attached hydrogens (tertiary/aromatic N) is 4. The number of aromatic nitrogens is 4. The number of alkyl halides is 1. The van der Waals surface area contributed by atoms with Crippen LogP contribution in [-0.2, 0) is 5.88 Å². The molecule has 0 N–H and O–H groups in total. The normalized spacial score (nSPS) is 10.3. The fourth-order valence-corrected chi connectivity index (χ4v) is 1.23. The fourth-order valence-electron chi connectivity index (χ4n) is 1.08. The molecule has 2 aromatic heterocycles. The van der Waals surface area contributed by atoms with Crippen LogP contribution in [0, 0.1) is 0 Å². The Hall–Kier alpha value is -1.62. The third-order valence-electron chi connectivity index (χ3n) is 1.87. The van der Waals surface area contributed by atoms with Gasteiger partial charge in [-0.1, -0.05) is 0 Å². The molecule has 2 aromatic rings. The highest BCUT2D eigenvalue weighted by molar-refractivity contribution is 6.16. The predicted molar refractivity (Wildman–Crippen MR) is 55.3 cm³/mol. The molecule has 78 valence electrons. The number of rotatable bonds is 3. The topological polar surface area (TPSA) is 52.8 Å². The molecule has 0 aliphatic heterocycles. The predicted octanol–water partition coefficient (Wildman–Crippen LogP) is 1.41. The molecule has 5 nitrogen and oxygen atoms in total. The lowest BCUT2D eigenvalue weighted by atomic mass is 10.4. The molecule has 0 fully saturated rings. The molecule has 0 aliphatic carbocycles. The highest BCUT2D eigenvalue weighted by atomic mass is 35.5. The minimum absolute atomic E-state index is 0.357. The molecule has 6 heteroatoms. The van der Waals surface area contributed by atoms with Crippen LogP contribution < -0.4 is 4.74 Å². The maximum absolute atomic E-state index is 5.61. The van der Waals surface area contributed by atoms with Gasteiger partial charge in [0.25, 0.3) is 0 Å². The summed E-state index contributed by atoms with van der Waals surface area (Å²) in [4.78, 5) is 0. The van der Waals surface area contributed by atoms with Crippen molar-refractivity contribution in [2.45, 2.75) is 5.88 Å². The SMILES string of the molecule is COc1cnn(-c2ccc(CCl)nn2)c1. The van der Waals surface area contributed by atoms with Gasteiger partial charge in [-0.2, -0.15) is 10.2 Å². The van der Waals surface area contributed by atoms with E-state index >= 15 is 0 Å². The third kappa shape index (κ3) is 2.07. The van der Waals surface area contributed by atoms with Gasteiger partial charge in [0, 0.05) is 0 Å². The average Bonchev–Trinajstić information content (AvgIpc) is 2.78. The molecule has 0 aliphatic rings. The minimum Gasteiger partial charge on any atom is -0.493 e. The van der Waals surface area contributed by atoms with Crippen LogP contribution in [0.5, 0.6) is 5.75 Å². The van der Waals surface area contributed by atoms with Crippen molar-refractivity contribution in [3.8, 4) is 11.6 Å². The van der Waals surface area contributed by atoms with Gasteiger partial charge in [-0.3, -0.25) is 0 Å². The maximum atomic E-state index is 5.61. The summed E-state index contributed by atoms with van der Waals surface area (Å²) in [5.74, 6) is 1.67. The lowest BCUT2D eigenvalue weighted by Crippen LogP contribution is -2.00. The van der Waals surface area contributed by atoms with E-state index in [2.05, 4.69) is 15.3 Å². The first kappa shape index (κ1) is 9.92. The van der Waals surface area contributed by atoms with Gasteiger partial charge in [-0.05, 0) is 12.1 Å². The summed E-state index contributed by atoms with van der Waals surface area (Å²) in [5, 5.41) is 12.0. The summed E-state index contributed by atoms with van der Waals surface area (Å²) < 4.78 is 6.60. The van der Waals surface area contributed by atoms with E-state index in [0.717, 1.165) is 5.69 Å². The van der Waals surface area contributed by atoms with Crippen LogP contribution in [-0.4, -0.2) is 27.1 Å². The van der Waals surface area contributed by atoms with Crippen LogP contribution in [0.25, 0.3) is 5.82 Å². The molecule has 0 spiro atoms. The van der Waals surface area contributed by atoms with Gasteiger partial charge in [0.1, 0.15) is 0 Å². The van der Waals surface area contributed by atoms with Crippen LogP contribution in [0.2, 0.25) is 0 Å². The second kappa shape index (κ2) is 4.27. The van der Waals surface area contributed by atoms with Crippen LogP contribution in [0.4, 0.5) is 0 Å². The number of halogens is 1. The van der Waals surface area contributed by atoms with E-state index in [9.17, 15) is 0 Å². The van der Waals surface area contributed by atoms with E-state index in [4.69, 9.17) is 16.3 Å². The summed E-state index contributed by atoms with van der Waals surface area (Å²) >= 11 is 5.61. The van der Waals surface area contributed by atoms with Gasteiger partial charge in [-0.25, -0.2) is 4.68 Å². The Labute approximate surface area is 91.7 Å². The van der Waals surface area contributed by atoms with Gasteiger partial charge in [0.05, 0.1) is 31.1 Å². The van der Waals surface area contributed by atoms with E-state index < -0.39 is 0 Å². The van der Waals surface area contributed by atoms with Gasteiger partial charge in [0.15, 0.2) is 11.6 Å². The van der Waals surface area contributed by atoms with Crippen molar-refractivity contribution in [2.75, 3.05) is 7.11 Å². The van der Waals surface area contributed by atoms with Gasteiger partial charge >= 0.3 is 0 Å². The second-order valence-corrected chi connectivity index (χ2v) is 3.11. The van der Waals surface area contributed by atoms with Crippen molar-refractivity contribution >= 4 is 11.6 Å². The Morgan fingerprint density at radius 2 is 2.27 bits per heavy atom. The van der Waals surface area contributed by atoms with Crippen LogP contribution in [0.1, 0.15) is 5.69 Å². The van der Waals surface area contributed by atoms with Crippen molar-refractivity contribution in [1.29, 1.82) is 0 Å². The maximum Gasteiger partial charge on any atom is 0.175 e. The monoisotopic (exact) mass is 224 g/mol. The van der Waals surface area contributed by atoms with Crippen LogP contribution >= 0.6 is 11.6 Å². The second-order valence-electron chi connectivity index (χ2n) is 2.84. The highest BCUT2D eigenvalue weighted by Crippen LogP contribution is 2.11. The molecule has 0 aromatic carbocycles. The van der Waals surface area contributed by atoms with E-state index in [0.29, 0.717) is 17.4 Å². The molecule has 15 heavy (non-hydrogen) atoms. The summed E-state index contributed by atoms with van der Waals surface area (Å²) in [6.45, 7) is 0. The van der Waals surface area contributed by atoms with Gasteiger partial charge in [0.2, 0.25) is 0 Å². The smallest absolute Gasteiger partial charge is 0.175 e. The number of methoxy groups -OCH3 is 1. The lowest BCUT2D eigenvalue weighted by molar-refractivity contribution is 0.414. The molecule has 0 saturated heterocycles. The molecule has 0 amide bonds. The van der Waals surface area contributed by atoms with E-state index in [1.807, 2.05) is 6.07 Å². The van der Waals surface area contributed by atoms with Crippen LogP contribution in [0.15, 0.2) is 24.5 Å². The van der Waals surface area contributed by atoms with Crippen molar-refractivity contribution in [2.24, 2.45) is 0 Å². The zero-order valence-electron chi connectivity index (χ0n) is 8.09. The number of ether oxygens (including phenoxy) is 1. The molecule has 0 saturated carbocycles. The largest absolute Gasteiger partial charge is 0.493 e. The lowest BCUT2D eigenvalue weighted by Gasteiger charge is -1.99. The Kier molecular flexibility index (Phi) is 2.82. The highest BCUT2D eigenvalue weighted by Gasteiger charge is 2.02. The molecular weight excluding hydrogens is 216 g/mol. The van der Waals surface area contributed by atoms with Crippen molar-refractivity contribution in [1.82, 2.24) is 20.0 Å². The summed E-state index contributed by atoms with van der Waals surface area (Å²) in [5.41, 5.74) is 0.736. The first-order valence-corrected chi connectivity index (χ1v) is 4.84. The first-order chi connectivity index (χ1) is 7.33. The summed E-state index contributed by atoms with van der Waals surface area (Å²) in [6.07, 6.45) is 3.33. The Morgan fingerprint density at radius 3 is 2.80 bits per heavy atom. The molecule has 2 heterocycles. The van der Waals surface area contributed by atoms with E-state index in [1.165, 1.54) is 0 Å². The van der Waals surface area contributed by atoms with E-state index in [-0.39, 0.29) is 0 Å². The van der Waals surface area contributed by atoms with Crippen LogP contribution in [0.3, 0.4) is 0 Å². The summed E-state index contributed by atoms with van der Waals surface area (Å²) in [6, 6.07) is 3.61. The van der Waals surface area contributed by atoms with E-state index in [1.54, 1.807) is 30.3 Å². The molecule has 0 atom stereocenters. The first-order valence-electron chi connectivity index (χ1n) is 4.31.